The first-order valence-corrected chi connectivity index (χ1v) is 6.50. The molecule has 0 aromatic rings. The maximum atomic E-state index is 13.8. The number of amides is 1. The van der Waals surface area contributed by atoms with E-state index in [1.807, 2.05) is 13.8 Å². The second kappa shape index (κ2) is 5.50. The van der Waals surface area contributed by atoms with Gasteiger partial charge in [-0.05, 0) is 20.3 Å². The molecular weight excluding hydrogens is 237 g/mol. The van der Waals surface area contributed by atoms with Crippen LogP contribution in [0.25, 0.3) is 0 Å². The highest BCUT2D eigenvalue weighted by molar-refractivity contribution is 5.83. The first kappa shape index (κ1) is 13.7. The third-order valence-corrected chi connectivity index (χ3v) is 3.80. The average molecular weight is 259 g/mol. The zero-order valence-corrected chi connectivity index (χ0v) is 11.1. The molecule has 2 heterocycles. The Kier molecular flexibility index (Phi) is 4.19. The zero-order valence-electron chi connectivity index (χ0n) is 11.1. The minimum Gasteiger partial charge on any atom is -0.378 e. The molecule has 1 amide bonds. The summed E-state index contributed by atoms with van der Waals surface area (Å²) in [5.41, 5.74) is 0. The zero-order chi connectivity index (χ0) is 13.3. The first-order chi connectivity index (χ1) is 8.52. The van der Waals surface area contributed by atoms with Crippen LogP contribution in [0.4, 0.5) is 4.39 Å². The predicted molar refractivity (Wildman–Crippen MR) is 65.9 cm³/mol. The van der Waals surface area contributed by atoms with Crippen molar-refractivity contribution in [2.75, 3.05) is 20.2 Å². The van der Waals surface area contributed by atoms with Crippen molar-refractivity contribution in [1.29, 1.82) is 0 Å². The molecule has 2 rings (SSSR count). The number of hydrogen-bond donors (Lipinski definition) is 2. The van der Waals surface area contributed by atoms with Crippen LogP contribution in [0, 0.1) is 0 Å². The minimum atomic E-state index is -1.09. The van der Waals surface area contributed by atoms with Crippen LogP contribution < -0.4 is 10.6 Å². The molecule has 18 heavy (non-hydrogen) atoms. The van der Waals surface area contributed by atoms with E-state index in [0.29, 0.717) is 13.0 Å². The summed E-state index contributed by atoms with van der Waals surface area (Å²) in [7, 11) is 1.51. The molecule has 2 aliphatic rings. The van der Waals surface area contributed by atoms with E-state index in [1.54, 1.807) is 4.90 Å². The van der Waals surface area contributed by atoms with Gasteiger partial charge in [-0.15, -0.1) is 0 Å². The number of carbonyl (C=O) groups is 1. The van der Waals surface area contributed by atoms with Crippen molar-refractivity contribution in [3.8, 4) is 0 Å². The Morgan fingerprint density at radius 3 is 2.61 bits per heavy atom. The molecule has 2 saturated heterocycles. The molecule has 2 fully saturated rings. The lowest BCUT2D eigenvalue weighted by Gasteiger charge is -2.35. The van der Waals surface area contributed by atoms with E-state index >= 15 is 0 Å². The monoisotopic (exact) mass is 259 g/mol. The van der Waals surface area contributed by atoms with Crippen LogP contribution in [0.15, 0.2) is 0 Å². The summed E-state index contributed by atoms with van der Waals surface area (Å²) >= 11 is 0. The Bertz CT molecular complexity index is 316. The van der Waals surface area contributed by atoms with Crippen LogP contribution in [-0.4, -0.2) is 61.5 Å². The van der Waals surface area contributed by atoms with Gasteiger partial charge in [0.25, 0.3) is 0 Å². The molecule has 0 aromatic carbocycles. The SMILES string of the molecule is CO[C@H]1CCN(C(=O)C2NC(C)NC2C)C[C@H]1F. The molecule has 5 atom stereocenters. The maximum absolute atomic E-state index is 13.8. The molecule has 0 saturated carbocycles. The van der Waals surface area contributed by atoms with Gasteiger partial charge in [0.2, 0.25) is 5.91 Å². The van der Waals surface area contributed by atoms with Crippen molar-refractivity contribution in [2.45, 2.75) is 50.8 Å². The molecule has 0 radical (unpaired) electrons. The van der Waals surface area contributed by atoms with Gasteiger partial charge in [0, 0.05) is 19.7 Å². The number of hydrogen-bond acceptors (Lipinski definition) is 4. The van der Waals surface area contributed by atoms with Crippen molar-refractivity contribution >= 4 is 5.91 Å². The van der Waals surface area contributed by atoms with Gasteiger partial charge in [-0.2, -0.15) is 0 Å². The molecule has 0 aliphatic carbocycles. The highest BCUT2D eigenvalue weighted by atomic mass is 19.1. The Hall–Kier alpha value is -0.720. The number of nitrogens with zero attached hydrogens (tertiary/aromatic N) is 1. The van der Waals surface area contributed by atoms with Gasteiger partial charge in [0.1, 0.15) is 12.2 Å². The number of piperidine rings is 1. The maximum Gasteiger partial charge on any atom is 0.241 e. The van der Waals surface area contributed by atoms with E-state index in [2.05, 4.69) is 10.6 Å². The number of alkyl halides is 1. The molecule has 104 valence electrons. The van der Waals surface area contributed by atoms with Crippen molar-refractivity contribution in [3.05, 3.63) is 0 Å². The van der Waals surface area contributed by atoms with Crippen molar-refractivity contribution in [1.82, 2.24) is 15.5 Å². The third kappa shape index (κ3) is 2.65. The smallest absolute Gasteiger partial charge is 0.241 e. The fraction of sp³-hybridized carbons (Fsp3) is 0.917. The number of nitrogens with one attached hydrogen (secondary N) is 2. The average Bonchev–Trinajstić information content (AvgIpc) is 2.67. The second-order valence-electron chi connectivity index (χ2n) is 5.18. The van der Waals surface area contributed by atoms with E-state index in [9.17, 15) is 9.18 Å². The van der Waals surface area contributed by atoms with Gasteiger partial charge in [0.05, 0.1) is 18.8 Å². The van der Waals surface area contributed by atoms with E-state index in [0.717, 1.165) is 0 Å². The molecule has 0 aromatic heterocycles. The highest BCUT2D eigenvalue weighted by Gasteiger charge is 2.39. The number of likely N-dealkylation sites (tertiary alicyclic amines) is 1. The van der Waals surface area contributed by atoms with Crippen LogP contribution in [0.1, 0.15) is 20.3 Å². The topological polar surface area (TPSA) is 53.6 Å². The fourth-order valence-corrected chi connectivity index (χ4v) is 2.78. The Morgan fingerprint density at radius 2 is 2.11 bits per heavy atom. The van der Waals surface area contributed by atoms with Gasteiger partial charge in [-0.1, -0.05) is 0 Å². The summed E-state index contributed by atoms with van der Waals surface area (Å²) in [5.74, 6) is -0.0171. The van der Waals surface area contributed by atoms with Crippen LogP contribution in [0.2, 0.25) is 0 Å². The Labute approximate surface area is 107 Å². The number of rotatable bonds is 2. The Balaban J connectivity index is 1.94. The van der Waals surface area contributed by atoms with Gasteiger partial charge in [-0.25, -0.2) is 4.39 Å². The lowest BCUT2D eigenvalue weighted by atomic mass is 10.0. The van der Waals surface area contributed by atoms with Crippen molar-refractivity contribution < 1.29 is 13.9 Å². The molecule has 3 unspecified atom stereocenters. The lowest BCUT2D eigenvalue weighted by molar-refractivity contribution is -0.138. The first-order valence-electron chi connectivity index (χ1n) is 6.50. The minimum absolute atomic E-state index is 0.0171. The van der Waals surface area contributed by atoms with Crippen LogP contribution in [0.5, 0.6) is 0 Å². The lowest BCUT2D eigenvalue weighted by Crippen LogP contribution is -2.54. The number of carbonyl (C=O) groups excluding carboxylic acids is 1. The molecular formula is C12H22FN3O2. The van der Waals surface area contributed by atoms with Crippen molar-refractivity contribution in [3.63, 3.8) is 0 Å². The number of methoxy groups -OCH3 is 1. The van der Waals surface area contributed by atoms with Crippen LogP contribution in [0.3, 0.4) is 0 Å². The predicted octanol–water partition coefficient (Wildman–Crippen LogP) is -0.132. The van der Waals surface area contributed by atoms with Gasteiger partial charge >= 0.3 is 0 Å². The summed E-state index contributed by atoms with van der Waals surface area (Å²) in [6.45, 7) is 4.64. The molecule has 6 heteroatoms. The van der Waals surface area contributed by atoms with Gasteiger partial charge in [0.15, 0.2) is 0 Å². The van der Waals surface area contributed by atoms with E-state index < -0.39 is 6.17 Å². The van der Waals surface area contributed by atoms with E-state index in [1.165, 1.54) is 7.11 Å². The number of halogens is 1. The normalized spacial score (nSPS) is 41.1. The van der Waals surface area contributed by atoms with Crippen molar-refractivity contribution in [2.24, 2.45) is 0 Å². The van der Waals surface area contributed by atoms with E-state index in [-0.39, 0.29) is 36.8 Å². The third-order valence-electron chi connectivity index (χ3n) is 3.80. The molecule has 0 bridgehead atoms. The highest BCUT2D eigenvalue weighted by Crippen LogP contribution is 2.18. The largest absolute Gasteiger partial charge is 0.378 e. The molecule has 5 nitrogen and oxygen atoms in total. The fourth-order valence-electron chi connectivity index (χ4n) is 2.78. The Morgan fingerprint density at radius 1 is 1.39 bits per heavy atom. The summed E-state index contributed by atoms with van der Waals surface area (Å²) in [6, 6.07) is -0.183. The van der Waals surface area contributed by atoms with Crippen LogP contribution in [-0.2, 0) is 9.53 Å². The van der Waals surface area contributed by atoms with Gasteiger partial charge in [-0.3, -0.25) is 15.4 Å². The molecule has 2 aliphatic heterocycles. The summed E-state index contributed by atoms with van der Waals surface area (Å²) in [4.78, 5) is 13.9. The quantitative estimate of drug-likeness (QED) is 0.725. The van der Waals surface area contributed by atoms with Crippen LogP contribution >= 0.6 is 0 Å². The summed E-state index contributed by atoms with van der Waals surface area (Å²) in [5, 5.41) is 6.43. The van der Waals surface area contributed by atoms with Gasteiger partial charge < -0.3 is 9.64 Å². The summed E-state index contributed by atoms with van der Waals surface area (Å²) < 4.78 is 18.8. The second-order valence-corrected chi connectivity index (χ2v) is 5.18. The molecule has 0 spiro atoms. The standard InChI is InChI=1S/C12H22FN3O2/c1-7-11(15-8(2)14-7)12(17)16-5-4-10(18-3)9(13)6-16/h7-11,14-15H,4-6H2,1-3H3/t7?,8?,9-,10+,11?/m1/s1. The summed E-state index contributed by atoms with van der Waals surface area (Å²) in [6.07, 6.45) is -0.783. The number of ether oxygens (including phenoxy) is 1. The van der Waals surface area contributed by atoms with E-state index in [4.69, 9.17) is 4.74 Å². The molecule has 2 N–H and O–H groups in total.